The van der Waals surface area contributed by atoms with Gasteiger partial charge in [0.25, 0.3) is 0 Å². The third kappa shape index (κ3) is 3.21. The zero-order chi connectivity index (χ0) is 12.3. The fraction of sp³-hybridized carbons (Fsp3) is 1.00. The molecule has 2 rings (SSSR count). The van der Waals surface area contributed by atoms with Gasteiger partial charge in [0.2, 0.25) is 0 Å². The first-order valence-electron chi connectivity index (χ1n) is 7.35. The molecule has 17 heavy (non-hydrogen) atoms. The van der Waals surface area contributed by atoms with Crippen LogP contribution in [0, 0.1) is 11.8 Å². The normalized spacial score (nSPS) is 33.4. The maximum atomic E-state index is 9.09. The average molecular weight is 240 g/mol. The van der Waals surface area contributed by atoms with Crippen LogP contribution in [0.5, 0.6) is 0 Å². The van der Waals surface area contributed by atoms with E-state index in [1.54, 1.807) is 0 Å². The van der Waals surface area contributed by atoms with Crippen LogP contribution in [0.25, 0.3) is 0 Å². The monoisotopic (exact) mass is 240 g/mol. The standard InChI is InChI=1S/C14H28N2O/c1-2-14(12-4-3-5-12)16-9-11(6-7-17)8-13(15)10-16/h11-14,17H,2-10,15H2,1H3. The Labute approximate surface area is 105 Å². The van der Waals surface area contributed by atoms with Crippen LogP contribution in [-0.2, 0) is 0 Å². The van der Waals surface area contributed by atoms with E-state index in [-0.39, 0.29) is 0 Å². The molecule has 0 spiro atoms. The summed E-state index contributed by atoms with van der Waals surface area (Å²) in [5.74, 6) is 1.53. The van der Waals surface area contributed by atoms with Crippen LogP contribution in [0.1, 0.15) is 45.4 Å². The fourth-order valence-electron chi connectivity index (χ4n) is 3.66. The second-order valence-electron chi connectivity index (χ2n) is 5.99. The van der Waals surface area contributed by atoms with Gasteiger partial charge >= 0.3 is 0 Å². The van der Waals surface area contributed by atoms with Crippen LogP contribution in [0.15, 0.2) is 0 Å². The Morgan fingerprint density at radius 2 is 2.12 bits per heavy atom. The Kier molecular flexibility index (Phi) is 4.83. The maximum absolute atomic E-state index is 9.09. The van der Waals surface area contributed by atoms with Gasteiger partial charge in [0.05, 0.1) is 0 Å². The number of hydrogen-bond donors (Lipinski definition) is 2. The second kappa shape index (κ2) is 6.17. The van der Waals surface area contributed by atoms with E-state index in [0.717, 1.165) is 37.9 Å². The molecule has 3 nitrogen and oxygen atoms in total. The third-order valence-electron chi connectivity index (χ3n) is 4.72. The van der Waals surface area contributed by atoms with Crippen molar-refractivity contribution in [2.75, 3.05) is 19.7 Å². The molecule has 0 radical (unpaired) electrons. The summed E-state index contributed by atoms with van der Waals surface area (Å²) in [5.41, 5.74) is 6.17. The van der Waals surface area contributed by atoms with Crippen molar-refractivity contribution in [2.24, 2.45) is 17.6 Å². The Morgan fingerprint density at radius 1 is 1.35 bits per heavy atom. The number of hydrogen-bond acceptors (Lipinski definition) is 3. The van der Waals surface area contributed by atoms with Gasteiger partial charge in [-0.05, 0) is 43.9 Å². The molecule has 0 bridgehead atoms. The van der Waals surface area contributed by atoms with Crippen molar-refractivity contribution in [2.45, 2.75) is 57.5 Å². The molecular weight excluding hydrogens is 212 g/mol. The Bertz CT molecular complexity index is 230. The highest BCUT2D eigenvalue weighted by Crippen LogP contribution is 2.35. The summed E-state index contributed by atoms with van der Waals surface area (Å²) >= 11 is 0. The lowest BCUT2D eigenvalue weighted by Crippen LogP contribution is -2.53. The molecular formula is C14H28N2O. The van der Waals surface area contributed by atoms with Crippen molar-refractivity contribution < 1.29 is 5.11 Å². The Hall–Kier alpha value is -0.120. The number of aliphatic hydroxyl groups is 1. The first-order valence-corrected chi connectivity index (χ1v) is 7.35. The molecule has 0 aromatic heterocycles. The highest BCUT2D eigenvalue weighted by molar-refractivity contribution is 4.90. The summed E-state index contributed by atoms with van der Waals surface area (Å²) in [5, 5.41) is 9.09. The lowest BCUT2D eigenvalue weighted by Gasteiger charge is -2.46. The van der Waals surface area contributed by atoms with Gasteiger partial charge in [-0.15, -0.1) is 0 Å². The molecule has 1 aliphatic heterocycles. The molecule has 3 unspecified atom stereocenters. The molecule has 0 aromatic carbocycles. The van der Waals surface area contributed by atoms with E-state index in [1.165, 1.54) is 25.7 Å². The molecule has 2 fully saturated rings. The predicted molar refractivity (Wildman–Crippen MR) is 70.8 cm³/mol. The minimum Gasteiger partial charge on any atom is -0.396 e. The zero-order valence-corrected chi connectivity index (χ0v) is 11.1. The predicted octanol–water partition coefficient (Wildman–Crippen LogP) is 1.60. The number of aliphatic hydroxyl groups excluding tert-OH is 1. The minimum absolute atomic E-state index is 0.311. The van der Waals surface area contributed by atoms with E-state index in [4.69, 9.17) is 10.8 Å². The van der Waals surface area contributed by atoms with E-state index in [1.807, 2.05) is 0 Å². The average Bonchev–Trinajstić information content (AvgIpc) is 2.22. The van der Waals surface area contributed by atoms with E-state index < -0.39 is 0 Å². The molecule has 1 saturated heterocycles. The Morgan fingerprint density at radius 3 is 2.65 bits per heavy atom. The molecule has 1 saturated carbocycles. The summed E-state index contributed by atoms with van der Waals surface area (Å²) in [6.07, 6.45) is 7.51. The van der Waals surface area contributed by atoms with Gasteiger partial charge in [0.15, 0.2) is 0 Å². The van der Waals surface area contributed by atoms with Gasteiger partial charge in [-0.25, -0.2) is 0 Å². The van der Waals surface area contributed by atoms with E-state index in [0.29, 0.717) is 18.6 Å². The van der Waals surface area contributed by atoms with Crippen LogP contribution in [0.4, 0.5) is 0 Å². The van der Waals surface area contributed by atoms with Crippen molar-refractivity contribution in [1.29, 1.82) is 0 Å². The molecule has 3 N–H and O–H groups in total. The first-order chi connectivity index (χ1) is 8.24. The SMILES string of the molecule is CCC(C1CCC1)N1CC(N)CC(CCO)C1. The molecule has 1 aliphatic carbocycles. The van der Waals surface area contributed by atoms with Crippen molar-refractivity contribution in [3.05, 3.63) is 0 Å². The summed E-state index contributed by atoms with van der Waals surface area (Å²) in [7, 11) is 0. The lowest BCUT2D eigenvalue weighted by molar-refractivity contribution is 0.0407. The zero-order valence-electron chi connectivity index (χ0n) is 11.1. The largest absolute Gasteiger partial charge is 0.396 e. The van der Waals surface area contributed by atoms with E-state index in [2.05, 4.69) is 11.8 Å². The van der Waals surface area contributed by atoms with Crippen LogP contribution in [0.2, 0.25) is 0 Å². The van der Waals surface area contributed by atoms with Crippen LogP contribution >= 0.6 is 0 Å². The number of nitrogens with two attached hydrogens (primary N) is 1. The van der Waals surface area contributed by atoms with Gasteiger partial charge in [0.1, 0.15) is 0 Å². The first kappa shape index (κ1) is 13.3. The van der Waals surface area contributed by atoms with Crippen molar-refractivity contribution >= 4 is 0 Å². The maximum Gasteiger partial charge on any atom is 0.0434 e. The third-order valence-corrected chi connectivity index (χ3v) is 4.72. The van der Waals surface area contributed by atoms with Gasteiger partial charge in [-0.1, -0.05) is 13.3 Å². The van der Waals surface area contributed by atoms with Gasteiger partial charge in [0, 0.05) is 31.8 Å². The lowest BCUT2D eigenvalue weighted by atomic mass is 9.77. The summed E-state index contributed by atoms with van der Waals surface area (Å²) < 4.78 is 0. The number of likely N-dealkylation sites (tertiary alicyclic amines) is 1. The minimum atomic E-state index is 0.311. The molecule has 0 aromatic rings. The van der Waals surface area contributed by atoms with Crippen molar-refractivity contribution in [3.63, 3.8) is 0 Å². The fourth-order valence-corrected chi connectivity index (χ4v) is 3.66. The molecule has 3 heteroatoms. The topological polar surface area (TPSA) is 49.5 Å². The van der Waals surface area contributed by atoms with Crippen LogP contribution < -0.4 is 5.73 Å². The number of piperidine rings is 1. The molecule has 0 amide bonds. The molecule has 100 valence electrons. The summed E-state index contributed by atoms with van der Waals surface area (Å²) in [4.78, 5) is 2.62. The quantitative estimate of drug-likeness (QED) is 0.767. The smallest absolute Gasteiger partial charge is 0.0434 e. The van der Waals surface area contributed by atoms with E-state index >= 15 is 0 Å². The Balaban J connectivity index is 1.92. The highest BCUT2D eigenvalue weighted by atomic mass is 16.3. The molecule has 2 aliphatic rings. The van der Waals surface area contributed by atoms with Crippen LogP contribution in [-0.4, -0.2) is 41.8 Å². The van der Waals surface area contributed by atoms with Gasteiger partial charge in [-0.3, -0.25) is 4.90 Å². The van der Waals surface area contributed by atoms with Crippen LogP contribution in [0.3, 0.4) is 0 Å². The summed E-state index contributed by atoms with van der Waals surface area (Å²) in [6.45, 7) is 4.84. The number of nitrogens with zero attached hydrogens (tertiary/aromatic N) is 1. The van der Waals surface area contributed by atoms with Crippen molar-refractivity contribution in [1.82, 2.24) is 4.90 Å². The molecule has 1 heterocycles. The van der Waals surface area contributed by atoms with Gasteiger partial charge < -0.3 is 10.8 Å². The van der Waals surface area contributed by atoms with Gasteiger partial charge in [-0.2, -0.15) is 0 Å². The highest BCUT2D eigenvalue weighted by Gasteiger charge is 2.34. The number of rotatable bonds is 5. The molecule has 3 atom stereocenters. The van der Waals surface area contributed by atoms with Crippen molar-refractivity contribution in [3.8, 4) is 0 Å². The van der Waals surface area contributed by atoms with E-state index in [9.17, 15) is 0 Å². The summed E-state index contributed by atoms with van der Waals surface area (Å²) in [6, 6.07) is 1.06. The second-order valence-corrected chi connectivity index (χ2v) is 5.99.